The van der Waals surface area contributed by atoms with Crippen LogP contribution in [0.25, 0.3) is 11.0 Å². The first kappa shape index (κ1) is 16.2. The normalized spacial score (nSPS) is 14.4. The van der Waals surface area contributed by atoms with Gasteiger partial charge in [-0.15, -0.1) is 0 Å². The average molecular weight is 307 g/mol. The summed E-state index contributed by atoms with van der Waals surface area (Å²) in [5.41, 5.74) is 2.27. The third-order valence-electron chi connectivity index (χ3n) is 3.76. The number of benzene rings is 1. The van der Waals surface area contributed by atoms with E-state index < -0.39 is 10.8 Å². The van der Waals surface area contributed by atoms with E-state index in [1.54, 1.807) is 6.26 Å². The molecule has 1 aromatic carbocycles. The maximum Gasteiger partial charge on any atom is 0.123 e. The van der Waals surface area contributed by atoms with Crippen LogP contribution in [0.1, 0.15) is 32.5 Å². The number of hydrogen-bond donors (Lipinski definition) is 1. The predicted molar refractivity (Wildman–Crippen MR) is 89.9 cm³/mol. The second-order valence-corrected chi connectivity index (χ2v) is 7.24. The molecule has 1 heterocycles. The molecule has 2 atom stereocenters. The number of hydrogen-bond acceptors (Lipinski definition) is 3. The smallest absolute Gasteiger partial charge is 0.123 e. The Hall–Kier alpha value is -1.20. The summed E-state index contributed by atoms with van der Waals surface area (Å²) >= 11 is 0. The number of aryl methyl sites for hydroxylation is 1. The first-order chi connectivity index (χ1) is 10.1. The molecule has 1 N–H and O–H groups in total. The molecule has 2 aromatic rings. The number of rotatable bonds is 8. The third kappa shape index (κ3) is 4.14. The molecule has 0 aliphatic rings. The molecule has 0 saturated heterocycles. The second kappa shape index (κ2) is 7.71. The summed E-state index contributed by atoms with van der Waals surface area (Å²) in [5, 5.41) is 3.67. The van der Waals surface area contributed by atoms with Crippen molar-refractivity contribution in [2.45, 2.75) is 45.0 Å². The zero-order valence-corrected chi connectivity index (χ0v) is 13.9. The van der Waals surface area contributed by atoms with Crippen molar-refractivity contribution in [3.63, 3.8) is 0 Å². The Bertz CT molecular complexity index is 609. The molecule has 1 aromatic heterocycles. The van der Waals surface area contributed by atoms with Crippen molar-refractivity contribution >= 4 is 21.8 Å². The molecule has 2 rings (SSSR count). The second-order valence-electron chi connectivity index (χ2n) is 5.44. The van der Waals surface area contributed by atoms with Gasteiger partial charge in [0.15, 0.2) is 0 Å². The summed E-state index contributed by atoms with van der Waals surface area (Å²) in [6.45, 7) is 6.84. The van der Waals surface area contributed by atoms with Crippen molar-refractivity contribution in [2.75, 3.05) is 12.8 Å². The lowest BCUT2D eigenvalue weighted by Gasteiger charge is -2.11. The van der Waals surface area contributed by atoms with Crippen LogP contribution in [0.2, 0.25) is 0 Å². The lowest BCUT2D eigenvalue weighted by Crippen LogP contribution is -2.22. The fourth-order valence-corrected chi connectivity index (χ4v) is 2.85. The first-order valence-corrected chi connectivity index (χ1v) is 9.22. The Morgan fingerprint density at radius 3 is 2.86 bits per heavy atom. The Labute approximate surface area is 129 Å². The fraction of sp³-hybridized carbons (Fsp3) is 0.562. The van der Waals surface area contributed by atoms with Gasteiger partial charge in [-0.1, -0.05) is 26.0 Å². The minimum absolute atomic E-state index is 0.243. The van der Waals surface area contributed by atoms with Gasteiger partial charge in [-0.3, -0.25) is 4.21 Å². The summed E-state index contributed by atoms with van der Waals surface area (Å²) in [5.74, 6) is 1.09. The van der Waals surface area contributed by atoms with Crippen LogP contribution in [0, 0.1) is 0 Å². The van der Waals surface area contributed by atoms with Gasteiger partial charge >= 0.3 is 0 Å². The van der Waals surface area contributed by atoms with E-state index >= 15 is 0 Å². The Balaban J connectivity index is 2.01. The number of nitrogens with zero attached hydrogens (tertiary/aromatic N) is 2. The Kier molecular flexibility index (Phi) is 5.94. The van der Waals surface area contributed by atoms with Crippen molar-refractivity contribution in [1.29, 1.82) is 0 Å². The molecular formula is C16H25N3OS. The van der Waals surface area contributed by atoms with Gasteiger partial charge in [0.05, 0.1) is 17.6 Å². The third-order valence-corrected chi connectivity index (χ3v) is 5.13. The average Bonchev–Trinajstić information content (AvgIpc) is 2.82. The van der Waals surface area contributed by atoms with Crippen LogP contribution in [0.15, 0.2) is 24.3 Å². The van der Waals surface area contributed by atoms with Crippen LogP contribution >= 0.6 is 0 Å². The van der Waals surface area contributed by atoms with Crippen LogP contribution < -0.4 is 5.32 Å². The minimum Gasteiger partial charge on any atom is -0.327 e. The number of para-hydroxylation sites is 2. The molecule has 21 heavy (non-hydrogen) atoms. The van der Waals surface area contributed by atoms with Gasteiger partial charge in [-0.05, 0) is 31.5 Å². The molecule has 4 nitrogen and oxygen atoms in total. The molecule has 0 fully saturated rings. The highest BCUT2D eigenvalue weighted by atomic mass is 32.2. The van der Waals surface area contributed by atoms with Crippen LogP contribution in [0.5, 0.6) is 0 Å². The zero-order chi connectivity index (χ0) is 15.2. The summed E-state index contributed by atoms with van der Waals surface area (Å²) in [4.78, 5) is 4.72. The van der Waals surface area contributed by atoms with E-state index in [0.29, 0.717) is 0 Å². The highest BCUT2D eigenvalue weighted by Gasteiger charge is 2.10. The largest absolute Gasteiger partial charge is 0.327 e. The number of aromatic nitrogens is 2. The molecule has 0 spiro atoms. The van der Waals surface area contributed by atoms with Crippen molar-refractivity contribution in [1.82, 2.24) is 14.9 Å². The summed E-state index contributed by atoms with van der Waals surface area (Å²) < 4.78 is 13.6. The van der Waals surface area contributed by atoms with Gasteiger partial charge < -0.3 is 9.88 Å². The highest BCUT2D eigenvalue weighted by molar-refractivity contribution is 7.84. The standard InChI is InChI=1S/C16H25N3OS/c1-4-11-19-15-8-6-5-7-14(15)18-16(19)12-17-10-9-13(2)21(3)20/h5-8,13,17H,4,9-12H2,1-3H3. The number of imidazole rings is 1. The SMILES string of the molecule is CCCn1c(CNCCC(C)S(C)=O)nc2ccccc21. The number of fused-ring (bicyclic) bond motifs is 1. The van der Waals surface area contributed by atoms with Crippen LogP contribution in [0.3, 0.4) is 0 Å². The Morgan fingerprint density at radius 2 is 2.14 bits per heavy atom. The molecule has 5 heteroatoms. The van der Waals surface area contributed by atoms with E-state index in [1.165, 1.54) is 5.52 Å². The minimum atomic E-state index is -0.739. The van der Waals surface area contributed by atoms with Gasteiger partial charge in [0.25, 0.3) is 0 Å². The van der Waals surface area contributed by atoms with Crippen LogP contribution in [0.4, 0.5) is 0 Å². The molecule has 0 saturated carbocycles. The summed E-state index contributed by atoms with van der Waals surface area (Å²) in [6.07, 6.45) is 3.79. The number of nitrogens with one attached hydrogen (secondary N) is 1. The van der Waals surface area contributed by atoms with Crippen LogP contribution in [-0.2, 0) is 23.9 Å². The van der Waals surface area contributed by atoms with E-state index in [-0.39, 0.29) is 5.25 Å². The molecular weight excluding hydrogens is 282 g/mol. The Morgan fingerprint density at radius 1 is 1.38 bits per heavy atom. The first-order valence-electron chi connectivity index (χ1n) is 7.60. The van der Waals surface area contributed by atoms with E-state index in [9.17, 15) is 4.21 Å². The van der Waals surface area contributed by atoms with Crippen molar-refractivity contribution in [2.24, 2.45) is 0 Å². The molecule has 0 aliphatic carbocycles. The van der Waals surface area contributed by atoms with Gasteiger partial charge in [-0.2, -0.15) is 0 Å². The molecule has 0 bridgehead atoms. The van der Waals surface area contributed by atoms with E-state index in [0.717, 1.165) is 43.8 Å². The fourth-order valence-electron chi connectivity index (χ4n) is 2.40. The molecule has 0 aliphatic heterocycles. The quantitative estimate of drug-likeness (QED) is 0.763. The molecule has 0 amide bonds. The summed E-state index contributed by atoms with van der Waals surface area (Å²) in [6, 6.07) is 8.28. The van der Waals surface area contributed by atoms with Gasteiger partial charge in [0.2, 0.25) is 0 Å². The van der Waals surface area contributed by atoms with E-state index in [4.69, 9.17) is 4.98 Å². The lowest BCUT2D eigenvalue weighted by molar-refractivity contribution is 0.581. The van der Waals surface area contributed by atoms with Gasteiger partial charge in [-0.25, -0.2) is 4.98 Å². The predicted octanol–water partition coefficient (Wildman–Crippen LogP) is 2.69. The monoisotopic (exact) mass is 307 g/mol. The van der Waals surface area contributed by atoms with Gasteiger partial charge in [0, 0.05) is 28.9 Å². The van der Waals surface area contributed by atoms with Crippen LogP contribution in [-0.4, -0.2) is 31.8 Å². The van der Waals surface area contributed by atoms with Crippen molar-refractivity contribution in [3.8, 4) is 0 Å². The summed E-state index contributed by atoms with van der Waals surface area (Å²) in [7, 11) is -0.739. The molecule has 116 valence electrons. The zero-order valence-electron chi connectivity index (χ0n) is 13.1. The van der Waals surface area contributed by atoms with Crippen molar-refractivity contribution in [3.05, 3.63) is 30.1 Å². The van der Waals surface area contributed by atoms with Crippen molar-refractivity contribution < 1.29 is 4.21 Å². The molecule has 2 unspecified atom stereocenters. The maximum atomic E-state index is 11.3. The van der Waals surface area contributed by atoms with E-state index in [1.807, 2.05) is 13.0 Å². The topological polar surface area (TPSA) is 46.9 Å². The maximum absolute atomic E-state index is 11.3. The molecule has 0 radical (unpaired) electrons. The lowest BCUT2D eigenvalue weighted by atomic mass is 10.3. The van der Waals surface area contributed by atoms with E-state index in [2.05, 4.69) is 35.0 Å². The van der Waals surface area contributed by atoms with Gasteiger partial charge in [0.1, 0.15) is 5.82 Å². The highest BCUT2D eigenvalue weighted by Crippen LogP contribution is 2.16.